The van der Waals surface area contributed by atoms with Crippen LogP contribution < -0.4 is 5.73 Å². The molecule has 0 aromatic carbocycles. The first kappa shape index (κ1) is 13.4. The van der Waals surface area contributed by atoms with Crippen molar-refractivity contribution in [2.75, 3.05) is 18.6 Å². The van der Waals surface area contributed by atoms with Gasteiger partial charge in [-0.3, -0.25) is 4.79 Å². The van der Waals surface area contributed by atoms with Crippen LogP contribution in [0.4, 0.5) is 5.82 Å². The van der Waals surface area contributed by atoms with Gasteiger partial charge < -0.3 is 15.6 Å². The number of aliphatic carboxylic acids is 1. The summed E-state index contributed by atoms with van der Waals surface area (Å²) in [5, 5.41) is 13.0. The molecule has 0 amide bonds. The minimum absolute atomic E-state index is 0.00944. The average Bonchev–Trinajstić information content (AvgIpc) is 2.55. The molecule has 0 aliphatic rings. The van der Waals surface area contributed by atoms with Gasteiger partial charge >= 0.3 is 11.9 Å². The number of nitrogen functional groups attached to an aromatic ring is 1. The highest BCUT2D eigenvalue weighted by Gasteiger charge is 2.23. The SMILES string of the molecule is CCOC(=O)c1c(SC)nn(CC(=O)O)c1N. The molecule has 0 aliphatic carbocycles. The number of carboxylic acids is 1. The topological polar surface area (TPSA) is 107 Å². The Balaban J connectivity index is 3.14. The maximum Gasteiger partial charge on any atom is 0.344 e. The zero-order valence-corrected chi connectivity index (χ0v) is 10.3. The lowest BCUT2D eigenvalue weighted by atomic mass is 10.3. The number of nitrogens with two attached hydrogens (primary N) is 1. The number of carbonyl (C=O) groups excluding carboxylic acids is 1. The third-order valence-electron chi connectivity index (χ3n) is 1.92. The van der Waals surface area contributed by atoms with Crippen LogP contribution in [0.25, 0.3) is 0 Å². The molecule has 0 saturated carbocycles. The van der Waals surface area contributed by atoms with Crippen molar-refractivity contribution in [2.24, 2.45) is 0 Å². The molecule has 0 atom stereocenters. The van der Waals surface area contributed by atoms with Crippen LogP contribution in [0.2, 0.25) is 0 Å². The number of hydrogen-bond donors (Lipinski definition) is 2. The molecule has 94 valence electrons. The van der Waals surface area contributed by atoms with E-state index in [2.05, 4.69) is 5.10 Å². The third kappa shape index (κ3) is 2.90. The highest BCUT2D eigenvalue weighted by Crippen LogP contribution is 2.25. The number of aromatic nitrogens is 2. The Morgan fingerprint density at radius 3 is 2.71 bits per heavy atom. The molecule has 17 heavy (non-hydrogen) atoms. The van der Waals surface area contributed by atoms with Gasteiger partial charge in [0.2, 0.25) is 0 Å². The van der Waals surface area contributed by atoms with Gasteiger partial charge in [0.15, 0.2) is 0 Å². The molecule has 0 radical (unpaired) electrons. The fraction of sp³-hybridized carbons (Fsp3) is 0.444. The number of anilines is 1. The van der Waals surface area contributed by atoms with Gasteiger partial charge in [-0.1, -0.05) is 0 Å². The first-order valence-electron chi connectivity index (χ1n) is 4.80. The number of carboxylic acid groups (broad SMARTS) is 1. The zero-order chi connectivity index (χ0) is 13.0. The van der Waals surface area contributed by atoms with Crippen molar-refractivity contribution in [1.29, 1.82) is 0 Å². The molecule has 1 aromatic rings. The maximum absolute atomic E-state index is 11.6. The molecule has 3 N–H and O–H groups in total. The van der Waals surface area contributed by atoms with Crippen LogP contribution in [0.3, 0.4) is 0 Å². The molecule has 0 unspecified atom stereocenters. The molecule has 1 rings (SSSR count). The second-order valence-electron chi connectivity index (χ2n) is 3.04. The van der Waals surface area contributed by atoms with E-state index < -0.39 is 18.5 Å². The zero-order valence-electron chi connectivity index (χ0n) is 9.47. The number of carbonyl (C=O) groups is 2. The minimum atomic E-state index is -1.08. The van der Waals surface area contributed by atoms with Gasteiger partial charge in [-0.15, -0.1) is 11.8 Å². The lowest BCUT2D eigenvalue weighted by molar-refractivity contribution is -0.137. The van der Waals surface area contributed by atoms with Gasteiger partial charge in [-0.25, -0.2) is 9.48 Å². The van der Waals surface area contributed by atoms with E-state index in [0.29, 0.717) is 5.03 Å². The second-order valence-corrected chi connectivity index (χ2v) is 3.84. The summed E-state index contributed by atoms with van der Waals surface area (Å²) in [7, 11) is 0. The number of ether oxygens (including phenoxy) is 1. The van der Waals surface area contributed by atoms with Gasteiger partial charge in [0.1, 0.15) is 23.0 Å². The van der Waals surface area contributed by atoms with Crippen LogP contribution in [-0.4, -0.2) is 39.7 Å². The van der Waals surface area contributed by atoms with E-state index in [1.165, 1.54) is 11.8 Å². The van der Waals surface area contributed by atoms with Crippen molar-refractivity contribution in [2.45, 2.75) is 18.5 Å². The summed E-state index contributed by atoms with van der Waals surface area (Å²) < 4.78 is 5.91. The molecule has 0 aliphatic heterocycles. The Morgan fingerprint density at radius 2 is 2.24 bits per heavy atom. The molecule has 1 heterocycles. The standard InChI is InChI=1S/C9H13N3O4S/c1-3-16-9(15)6-7(10)12(4-5(13)14)11-8(6)17-2/h3-4,10H2,1-2H3,(H,13,14). The monoisotopic (exact) mass is 259 g/mol. The summed E-state index contributed by atoms with van der Waals surface area (Å²) in [4.78, 5) is 22.2. The van der Waals surface area contributed by atoms with Crippen molar-refractivity contribution in [3.05, 3.63) is 5.56 Å². The number of rotatable bonds is 5. The van der Waals surface area contributed by atoms with Crippen LogP contribution in [0.1, 0.15) is 17.3 Å². The summed E-state index contributed by atoms with van der Waals surface area (Å²) >= 11 is 1.21. The van der Waals surface area contributed by atoms with Crippen molar-refractivity contribution < 1.29 is 19.4 Å². The van der Waals surface area contributed by atoms with Crippen LogP contribution >= 0.6 is 11.8 Å². The Morgan fingerprint density at radius 1 is 1.59 bits per heavy atom. The largest absolute Gasteiger partial charge is 0.480 e. The number of hydrogen-bond acceptors (Lipinski definition) is 6. The second kappa shape index (κ2) is 5.58. The number of nitrogens with zero attached hydrogens (tertiary/aromatic N) is 2. The summed E-state index contributed by atoms with van der Waals surface area (Å²) in [6, 6.07) is 0. The summed E-state index contributed by atoms with van der Waals surface area (Å²) in [5.41, 5.74) is 5.81. The van der Waals surface area contributed by atoms with Crippen LogP contribution in [0.5, 0.6) is 0 Å². The van der Waals surface area contributed by atoms with E-state index in [-0.39, 0.29) is 18.0 Å². The molecular weight excluding hydrogens is 246 g/mol. The molecule has 8 heteroatoms. The molecule has 7 nitrogen and oxygen atoms in total. The van der Waals surface area contributed by atoms with Crippen molar-refractivity contribution >= 4 is 29.5 Å². The first-order valence-corrected chi connectivity index (χ1v) is 6.02. The summed E-state index contributed by atoms with van der Waals surface area (Å²) in [6.45, 7) is 1.50. The Hall–Kier alpha value is -1.70. The normalized spacial score (nSPS) is 10.2. The quantitative estimate of drug-likeness (QED) is 0.583. The summed E-state index contributed by atoms with van der Waals surface area (Å²) in [5.74, 6) is -1.66. The van der Waals surface area contributed by atoms with E-state index in [4.69, 9.17) is 15.6 Å². The van der Waals surface area contributed by atoms with E-state index in [9.17, 15) is 9.59 Å². The highest BCUT2D eigenvalue weighted by molar-refractivity contribution is 7.98. The molecular formula is C9H13N3O4S. The van der Waals surface area contributed by atoms with Crippen molar-refractivity contribution in [1.82, 2.24) is 9.78 Å². The average molecular weight is 259 g/mol. The fourth-order valence-electron chi connectivity index (χ4n) is 1.24. The Bertz CT molecular complexity index is 444. The van der Waals surface area contributed by atoms with E-state index in [1.54, 1.807) is 13.2 Å². The predicted octanol–water partition coefficient (Wildman–Crippen LogP) is 0.449. The van der Waals surface area contributed by atoms with Crippen LogP contribution in [-0.2, 0) is 16.1 Å². The Kier molecular flexibility index (Phi) is 4.38. The van der Waals surface area contributed by atoms with Gasteiger partial charge in [0, 0.05) is 0 Å². The lowest BCUT2D eigenvalue weighted by Crippen LogP contribution is -2.14. The fourth-order valence-corrected chi connectivity index (χ4v) is 1.81. The third-order valence-corrected chi connectivity index (χ3v) is 2.59. The summed E-state index contributed by atoms with van der Waals surface area (Å²) in [6.07, 6.45) is 1.72. The lowest BCUT2D eigenvalue weighted by Gasteiger charge is -2.02. The van der Waals surface area contributed by atoms with Crippen LogP contribution in [0.15, 0.2) is 5.03 Å². The van der Waals surface area contributed by atoms with Gasteiger partial charge in [-0.05, 0) is 13.2 Å². The van der Waals surface area contributed by atoms with Gasteiger partial charge in [0.05, 0.1) is 6.61 Å². The minimum Gasteiger partial charge on any atom is -0.480 e. The molecule has 0 fully saturated rings. The molecule has 0 saturated heterocycles. The van der Waals surface area contributed by atoms with E-state index in [0.717, 1.165) is 4.68 Å². The molecule has 0 bridgehead atoms. The predicted molar refractivity (Wildman–Crippen MR) is 62.0 cm³/mol. The van der Waals surface area contributed by atoms with Crippen LogP contribution in [0, 0.1) is 0 Å². The smallest absolute Gasteiger partial charge is 0.344 e. The first-order chi connectivity index (χ1) is 8.01. The number of thioether (sulfide) groups is 1. The number of esters is 1. The van der Waals surface area contributed by atoms with Crippen molar-refractivity contribution in [3.63, 3.8) is 0 Å². The van der Waals surface area contributed by atoms with Gasteiger partial charge in [0.25, 0.3) is 0 Å². The molecule has 1 aromatic heterocycles. The van der Waals surface area contributed by atoms with E-state index >= 15 is 0 Å². The van der Waals surface area contributed by atoms with Crippen molar-refractivity contribution in [3.8, 4) is 0 Å². The van der Waals surface area contributed by atoms with Gasteiger partial charge in [-0.2, -0.15) is 5.10 Å². The molecule has 0 spiro atoms. The maximum atomic E-state index is 11.6. The highest BCUT2D eigenvalue weighted by atomic mass is 32.2. The van der Waals surface area contributed by atoms with E-state index in [1.807, 2.05) is 0 Å². The Labute approximate surface area is 102 Å².